The fourth-order valence-electron chi connectivity index (χ4n) is 0.477. The van der Waals surface area contributed by atoms with Gasteiger partial charge in [0.15, 0.2) is 0 Å². The highest BCUT2D eigenvalue weighted by atomic mass is 32.2. The van der Waals surface area contributed by atoms with Crippen molar-refractivity contribution in [3.63, 3.8) is 0 Å². The monoisotopic (exact) mass is 183 g/mol. The Kier molecular flexibility index (Phi) is 4.58. The normalized spacial score (nSPS) is 14.8. The second kappa shape index (κ2) is 4.66. The van der Waals surface area contributed by atoms with Crippen molar-refractivity contribution in [1.82, 2.24) is 0 Å². The Morgan fingerprint density at radius 3 is 2.45 bits per heavy atom. The maximum Gasteiger partial charge on any atom is 0.102 e. The van der Waals surface area contributed by atoms with Gasteiger partial charge in [-0.1, -0.05) is 0 Å². The smallest absolute Gasteiger partial charge is 0.102 e. The van der Waals surface area contributed by atoms with E-state index >= 15 is 0 Å². The minimum absolute atomic E-state index is 0.237. The van der Waals surface area contributed by atoms with Crippen LogP contribution in [0, 0.1) is 0 Å². The molecule has 0 aromatic rings. The summed E-state index contributed by atoms with van der Waals surface area (Å²) in [6.45, 7) is 1.07. The molecular formula is C5H11O5S-. The SMILES string of the molecule is CCOCC(CO)S(=O)(=O)[O-]. The summed E-state index contributed by atoms with van der Waals surface area (Å²) < 4.78 is 35.5. The van der Waals surface area contributed by atoms with E-state index < -0.39 is 22.0 Å². The van der Waals surface area contributed by atoms with Gasteiger partial charge in [-0.15, -0.1) is 0 Å². The van der Waals surface area contributed by atoms with E-state index in [2.05, 4.69) is 4.74 Å². The second-order valence-electron chi connectivity index (χ2n) is 1.96. The molecule has 0 bridgehead atoms. The Morgan fingerprint density at radius 1 is 1.64 bits per heavy atom. The molecule has 1 atom stereocenters. The van der Waals surface area contributed by atoms with E-state index in [-0.39, 0.29) is 6.61 Å². The van der Waals surface area contributed by atoms with Crippen LogP contribution >= 0.6 is 0 Å². The second-order valence-corrected chi connectivity index (χ2v) is 3.61. The molecule has 0 heterocycles. The predicted molar refractivity (Wildman–Crippen MR) is 37.1 cm³/mol. The topological polar surface area (TPSA) is 86.7 Å². The highest BCUT2D eigenvalue weighted by Gasteiger charge is 2.14. The third kappa shape index (κ3) is 4.31. The molecule has 0 aliphatic carbocycles. The molecule has 6 heteroatoms. The van der Waals surface area contributed by atoms with Gasteiger partial charge in [-0.25, -0.2) is 8.42 Å². The average Bonchev–Trinajstić information content (AvgIpc) is 1.87. The van der Waals surface area contributed by atoms with Gasteiger partial charge >= 0.3 is 0 Å². The quantitative estimate of drug-likeness (QED) is 0.548. The van der Waals surface area contributed by atoms with Crippen LogP contribution in [0.25, 0.3) is 0 Å². The van der Waals surface area contributed by atoms with Crippen LogP contribution in [-0.2, 0) is 14.9 Å². The molecule has 1 unspecified atom stereocenters. The maximum absolute atomic E-state index is 10.3. The highest BCUT2D eigenvalue weighted by Crippen LogP contribution is 1.97. The molecule has 1 N–H and O–H groups in total. The predicted octanol–water partition coefficient (Wildman–Crippen LogP) is -1.07. The standard InChI is InChI=1S/C5H12O5S/c1-2-10-4-5(3-6)11(7,8)9/h5-6H,2-4H2,1H3,(H,7,8,9)/p-1. The van der Waals surface area contributed by atoms with Crippen molar-refractivity contribution in [2.24, 2.45) is 0 Å². The lowest BCUT2D eigenvalue weighted by molar-refractivity contribution is 0.126. The summed E-state index contributed by atoms with van der Waals surface area (Å²) in [5.74, 6) is 0. The lowest BCUT2D eigenvalue weighted by Gasteiger charge is -2.17. The van der Waals surface area contributed by atoms with E-state index in [0.717, 1.165) is 0 Å². The summed E-state index contributed by atoms with van der Waals surface area (Å²) in [5.41, 5.74) is 0. The molecule has 0 fully saturated rings. The van der Waals surface area contributed by atoms with Gasteiger partial charge in [0.2, 0.25) is 0 Å². The summed E-state index contributed by atoms with van der Waals surface area (Å²) in [6.07, 6.45) is 0. The third-order valence-corrected chi connectivity index (χ3v) is 2.22. The number of hydrogen-bond donors (Lipinski definition) is 1. The first-order valence-electron chi connectivity index (χ1n) is 3.15. The van der Waals surface area contributed by atoms with E-state index in [4.69, 9.17) is 5.11 Å². The Bertz CT molecular complexity index is 185. The van der Waals surface area contributed by atoms with Crippen LogP contribution in [-0.4, -0.2) is 43.1 Å². The minimum atomic E-state index is -4.41. The summed E-state index contributed by atoms with van der Waals surface area (Å²) in [5, 5.41) is 7.10. The van der Waals surface area contributed by atoms with Crippen LogP contribution in [0.15, 0.2) is 0 Å². The van der Waals surface area contributed by atoms with Crippen LogP contribution in [0.1, 0.15) is 6.92 Å². The van der Waals surface area contributed by atoms with Crippen molar-refractivity contribution < 1.29 is 22.8 Å². The van der Waals surface area contributed by atoms with E-state index in [1.54, 1.807) is 6.92 Å². The number of hydrogen-bond acceptors (Lipinski definition) is 5. The van der Waals surface area contributed by atoms with Gasteiger partial charge in [0.1, 0.15) is 10.1 Å². The van der Waals surface area contributed by atoms with Crippen LogP contribution in [0.2, 0.25) is 0 Å². The Labute approximate surface area is 65.7 Å². The van der Waals surface area contributed by atoms with Crippen LogP contribution in [0.3, 0.4) is 0 Å². The zero-order valence-corrected chi connectivity index (χ0v) is 7.00. The van der Waals surface area contributed by atoms with Gasteiger partial charge < -0.3 is 14.4 Å². The van der Waals surface area contributed by atoms with E-state index in [9.17, 15) is 13.0 Å². The Hall–Kier alpha value is -0.170. The van der Waals surface area contributed by atoms with Crippen molar-refractivity contribution >= 4 is 10.1 Å². The van der Waals surface area contributed by atoms with Gasteiger partial charge in [-0.2, -0.15) is 0 Å². The van der Waals surface area contributed by atoms with E-state index in [0.29, 0.717) is 6.61 Å². The minimum Gasteiger partial charge on any atom is -0.748 e. The fourth-order valence-corrected chi connectivity index (χ4v) is 0.922. The van der Waals surface area contributed by atoms with Gasteiger partial charge in [0.05, 0.1) is 18.5 Å². The molecule has 11 heavy (non-hydrogen) atoms. The highest BCUT2D eigenvalue weighted by molar-refractivity contribution is 7.86. The molecule has 5 nitrogen and oxygen atoms in total. The molecule has 0 spiro atoms. The molecule has 0 aliphatic heterocycles. The summed E-state index contributed by atoms with van der Waals surface area (Å²) >= 11 is 0. The molecule has 68 valence electrons. The molecule has 0 saturated heterocycles. The van der Waals surface area contributed by atoms with Gasteiger partial charge in [0, 0.05) is 6.61 Å². The first-order chi connectivity index (χ1) is 5.02. The van der Waals surface area contributed by atoms with Crippen molar-refractivity contribution in [2.75, 3.05) is 19.8 Å². The molecule has 0 amide bonds. The summed E-state index contributed by atoms with van der Waals surface area (Å²) in [6, 6.07) is 0. The van der Waals surface area contributed by atoms with E-state index in [1.807, 2.05) is 0 Å². The maximum atomic E-state index is 10.3. The first kappa shape index (κ1) is 10.8. The Morgan fingerprint density at radius 2 is 2.18 bits per heavy atom. The van der Waals surface area contributed by atoms with Crippen molar-refractivity contribution in [2.45, 2.75) is 12.2 Å². The van der Waals surface area contributed by atoms with Crippen molar-refractivity contribution in [3.05, 3.63) is 0 Å². The van der Waals surface area contributed by atoms with Crippen molar-refractivity contribution in [3.8, 4) is 0 Å². The lowest BCUT2D eigenvalue weighted by Crippen LogP contribution is -2.29. The van der Waals surface area contributed by atoms with Crippen LogP contribution < -0.4 is 0 Å². The molecule has 0 aromatic heterocycles. The number of aliphatic hydroxyl groups is 1. The van der Waals surface area contributed by atoms with Gasteiger partial charge in [-0.3, -0.25) is 0 Å². The fraction of sp³-hybridized carbons (Fsp3) is 1.00. The van der Waals surface area contributed by atoms with Crippen molar-refractivity contribution in [1.29, 1.82) is 0 Å². The van der Waals surface area contributed by atoms with Gasteiger partial charge in [0.25, 0.3) is 0 Å². The summed E-state index contributed by atoms with van der Waals surface area (Å²) in [7, 11) is -4.41. The molecule has 0 saturated carbocycles. The largest absolute Gasteiger partial charge is 0.748 e. The number of ether oxygens (including phenoxy) is 1. The number of rotatable bonds is 5. The molecule has 0 aliphatic rings. The zero-order chi connectivity index (χ0) is 8.91. The molecule has 0 rings (SSSR count). The summed E-state index contributed by atoms with van der Waals surface area (Å²) in [4.78, 5) is 0. The first-order valence-corrected chi connectivity index (χ1v) is 4.62. The molecular weight excluding hydrogens is 172 g/mol. The van der Waals surface area contributed by atoms with Crippen LogP contribution in [0.5, 0.6) is 0 Å². The average molecular weight is 183 g/mol. The number of aliphatic hydroxyl groups excluding tert-OH is 1. The molecule has 0 radical (unpaired) electrons. The van der Waals surface area contributed by atoms with E-state index in [1.165, 1.54) is 0 Å². The lowest BCUT2D eigenvalue weighted by atomic mass is 10.5. The third-order valence-electron chi connectivity index (χ3n) is 1.12. The molecule has 0 aromatic carbocycles. The van der Waals surface area contributed by atoms with Gasteiger partial charge in [-0.05, 0) is 6.92 Å². The Balaban J connectivity index is 3.97. The zero-order valence-electron chi connectivity index (χ0n) is 6.19. The van der Waals surface area contributed by atoms with Crippen LogP contribution in [0.4, 0.5) is 0 Å².